The Morgan fingerprint density at radius 2 is 2.04 bits per heavy atom. The molecule has 3 aliphatic heterocycles. The molecule has 0 aliphatic carbocycles. The zero-order valence-electron chi connectivity index (χ0n) is 15.1. The van der Waals surface area contributed by atoms with Crippen LogP contribution in [0.3, 0.4) is 0 Å². The molecule has 2 aromatic rings. The summed E-state index contributed by atoms with van der Waals surface area (Å²) < 4.78 is 5.64. The average molecular weight is 396 g/mol. The number of amides is 2. The molecule has 3 aliphatic rings. The predicted octanol–water partition coefficient (Wildman–Crippen LogP) is 2.75. The maximum Gasteiger partial charge on any atom is 0.324 e. The molecule has 2 fully saturated rings. The summed E-state index contributed by atoms with van der Waals surface area (Å²) >= 11 is 6.03. The van der Waals surface area contributed by atoms with E-state index in [0.717, 1.165) is 37.7 Å². The highest BCUT2D eigenvalue weighted by Crippen LogP contribution is 2.43. The second-order valence-corrected chi connectivity index (χ2v) is 8.06. The number of hydrogen-bond donors (Lipinski definition) is 0. The number of benzene rings is 1. The van der Waals surface area contributed by atoms with Gasteiger partial charge in [0.1, 0.15) is 24.2 Å². The summed E-state index contributed by atoms with van der Waals surface area (Å²) in [4.78, 5) is 23.2. The second-order valence-electron chi connectivity index (χ2n) is 7.62. The van der Waals surface area contributed by atoms with Gasteiger partial charge in [-0.05, 0) is 24.3 Å². The van der Waals surface area contributed by atoms with Crippen LogP contribution in [0.4, 0.5) is 16.3 Å². The average Bonchev–Trinajstić information content (AvgIpc) is 2.65. The maximum absolute atomic E-state index is 13.0. The molecular formula is C20H18ClN5O2. The largest absolute Gasteiger partial charge is 0.489 e. The van der Waals surface area contributed by atoms with Gasteiger partial charge in [0, 0.05) is 48.9 Å². The number of aromatic nitrogens is 1. The summed E-state index contributed by atoms with van der Waals surface area (Å²) in [5.74, 6) is 1.54. The van der Waals surface area contributed by atoms with Gasteiger partial charge >= 0.3 is 6.03 Å². The Hall–Kier alpha value is -2.98. The van der Waals surface area contributed by atoms with Gasteiger partial charge in [0.15, 0.2) is 0 Å². The summed E-state index contributed by atoms with van der Waals surface area (Å²) in [6, 6.07) is 11.1. The summed E-state index contributed by atoms with van der Waals surface area (Å²) in [5.41, 5.74) is 1.49. The molecule has 142 valence electrons. The van der Waals surface area contributed by atoms with Crippen LogP contribution in [-0.4, -0.2) is 55.2 Å². The van der Waals surface area contributed by atoms with Gasteiger partial charge in [0.2, 0.25) is 0 Å². The van der Waals surface area contributed by atoms with E-state index in [1.165, 1.54) is 0 Å². The van der Waals surface area contributed by atoms with E-state index in [-0.39, 0.29) is 11.4 Å². The highest BCUT2D eigenvalue weighted by atomic mass is 35.5. The van der Waals surface area contributed by atoms with Crippen LogP contribution >= 0.6 is 11.6 Å². The lowest BCUT2D eigenvalue weighted by atomic mass is 9.73. The lowest BCUT2D eigenvalue weighted by molar-refractivity contribution is 0.00929. The molecule has 0 N–H and O–H groups in total. The molecule has 0 atom stereocenters. The lowest BCUT2D eigenvalue weighted by Crippen LogP contribution is -2.74. The van der Waals surface area contributed by atoms with Gasteiger partial charge in [0.05, 0.1) is 17.8 Å². The Morgan fingerprint density at radius 3 is 2.75 bits per heavy atom. The van der Waals surface area contributed by atoms with Gasteiger partial charge in [-0.1, -0.05) is 11.6 Å². The SMILES string of the molecule is N#Cc1ccc(N2CC3(CN(C(=O)N4CCOc5cc(Cl)ccc54)C3)C2)nc1. The molecule has 2 amide bonds. The molecule has 0 radical (unpaired) electrons. The number of carbonyl (C=O) groups is 1. The molecule has 8 heteroatoms. The number of pyridine rings is 1. The summed E-state index contributed by atoms with van der Waals surface area (Å²) in [5, 5.41) is 9.47. The van der Waals surface area contributed by atoms with E-state index >= 15 is 0 Å². The topological polar surface area (TPSA) is 72.7 Å². The molecule has 1 aromatic heterocycles. The third-order valence-electron chi connectivity index (χ3n) is 5.59. The summed E-state index contributed by atoms with van der Waals surface area (Å²) in [6.07, 6.45) is 1.60. The molecule has 5 rings (SSSR count). The third kappa shape index (κ3) is 2.72. The molecule has 1 spiro atoms. The van der Waals surface area contributed by atoms with E-state index in [0.29, 0.717) is 29.5 Å². The second kappa shape index (κ2) is 6.28. The number of carbonyl (C=O) groups excluding carboxylic acids is 1. The molecular weight excluding hydrogens is 378 g/mol. The Balaban J connectivity index is 1.21. The number of nitriles is 1. The van der Waals surface area contributed by atoms with Crippen molar-refractivity contribution >= 4 is 29.1 Å². The van der Waals surface area contributed by atoms with Crippen molar-refractivity contribution < 1.29 is 9.53 Å². The molecule has 2 saturated heterocycles. The minimum atomic E-state index is 0.0208. The number of halogens is 1. The van der Waals surface area contributed by atoms with Crippen LogP contribution in [0.25, 0.3) is 0 Å². The van der Waals surface area contributed by atoms with Crippen LogP contribution in [0.2, 0.25) is 5.02 Å². The van der Waals surface area contributed by atoms with Gasteiger partial charge in [0.25, 0.3) is 0 Å². The van der Waals surface area contributed by atoms with Crippen LogP contribution in [0.1, 0.15) is 5.56 Å². The fourth-order valence-electron chi connectivity index (χ4n) is 4.23. The van der Waals surface area contributed by atoms with E-state index in [4.69, 9.17) is 21.6 Å². The Bertz CT molecular complexity index is 973. The van der Waals surface area contributed by atoms with E-state index < -0.39 is 0 Å². The number of likely N-dealkylation sites (tertiary alicyclic amines) is 1. The monoisotopic (exact) mass is 395 g/mol. The Labute approximate surface area is 167 Å². The highest BCUT2D eigenvalue weighted by molar-refractivity contribution is 6.30. The first-order valence-electron chi connectivity index (χ1n) is 9.17. The van der Waals surface area contributed by atoms with Crippen molar-refractivity contribution in [1.82, 2.24) is 9.88 Å². The standard InChI is InChI=1S/C20H18ClN5O2/c21-15-2-3-16-17(7-15)28-6-5-26(16)19(27)25-12-20(13-25)10-24(11-20)18-4-1-14(8-22)9-23-18/h1-4,7,9H,5-6,10-13H2. The minimum absolute atomic E-state index is 0.0208. The molecule has 28 heavy (non-hydrogen) atoms. The Morgan fingerprint density at radius 1 is 1.21 bits per heavy atom. The van der Waals surface area contributed by atoms with Crippen LogP contribution in [0, 0.1) is 16.7 Å². The summed E-state index contributed by atoms with van der Waals surface area (Å²) in [7, 11) is 0. The molecule has 0 saturated carbocycles. The number of ether oxygens (including phenoxy) is 1. The van der Waals surface area contributed by atoms with Crippen LogP contribution in [0.15, 0.2) is 36.5 Å². The quantitative estimate of drug-likeness (QED) is 0.742. The van der Waals surface area contributed by atoms with Crippen molar-refractivity contribution in [3.05, 3.63) is 47.1 Å². The fourth-order valence-corrected chi connectivity index (χ4v) is 4.39. The smallest absolute Gasteiger partial charge is 0.324 e. The minimum Gasteiger partial charge on any atom is -0.489 e. The number of fused-ring (bicyclic) bond motifs is 1. The zero-order valence-corrected chi connectivity index (χ0v) is 15.9. The first-order valence-corrected chi connectivity index (χ1v) is 9.55. The van der Waals surface area contributed by atoms with Crippen molar-refractivity contribution in [2.75, 3.05) is 49.1 Å². The van der Waals surface area contributed by atoms with E-state index in [9.17, 15) is 4.79 Å². The highest BCUT2D eigenvalue weighted by Gasteiger charge is 2.54. The van der Waals surface area contributed by atoms with Gasteiger partial charge in [-0.15, -0.1) is 0 Å². The number of hydrogen-bond acceptors (Lipinski definition) is 5. The van der Waals surface area contributed by atoms with Crippen molar-refractivity contribution in [2.45, 2.75) is 0 Å². The van der Waals surface area contributed by atoms with E-state index in [1.54, 1.807) is 29.3 Å². The Kier molecular flexibility index (Phi) is 3.84. The normalized spacial score (nSPS) is 19.2. The van der Waals surface area contributed by atoms with Crippen LogP contribution < -0.4 is 14.5 Å². The van der Waals surface area contributed by atoms with Gasteiger partial charge in [-0.2, -0.15) is 5.26 Å². The predicted molar refractivity (Wildman–Crippen MR) is 105 cm³/mol. The fraction of sp³-hybridized carbons (Fsp3) is 0.350. The first kappa shape index (κ1) is 17.1. The van der Waals surface area contributed by atoms with Crippen LogP contribution in [0.5, 0.6) is 5.75 Å². The summed E-state index contributed by atoms with van der Waals surface area (Å²) in [6.45, 7) is 4.27. The number of rotatable bonds is 1. The van der Waals surface area contributed by atoms with Crippen molar-refractivity contribution in [1.29, 1.82) is 5.26 Å². The molecule has 7 nitrogen and oxygen atoms in total. The van der Waals surface area contributed by atoms with Gasteiger partial charge < -0.3 is 14.5 Å². The number of nitrogens with zero attached hydrogens (tertiary/aromatic N) is 5. The van der Waals surface area contributed by atoms with Crippen molar-refractivity contribution in [3.63, 3.8) is 0 Å². The molecule has 4 heterocycles. The molecule has 1 aromatic carbocycles. The number of urea groups is 1. The molecule has 0 unspecified atom stereocenters. The maximum atomic E-state index is 13.0. The number of anilines is 2. The van der Waals surface area contributed by atoms with E-state index in [1.807, 2.05) is 17.0 Å². The van der Waals surface area contributed by atoms with E-state index in [2.05, 4.69) is 16.0 Å². The van der Waals surface area contributed by atoms with Crippen molar-refractivity contribution in [2.24, 2.45) is 5.41 Å². The van der Waals surface area contributed by atoms with Crippen LogP contribution in [-0.2, 0) is 0 Å². The lowest BCUT2D eigenvalue weighted by Gasteiger charge is -2.60. The first-order chi connectivity index (χ1) is 13.6. The van der Waals surface area contributed by atoms with Gasteiger partial charge in [-0.3, -0.25) is 4.90 Å². The third-order valence-corrected chi connectivity index (χ3v) is 5.83. The zero-order chi connectivity index (χ0) is 19.3. The molecule has 0 bridgehead atoms. The van der Waals surface area contributed by atoms with Crippen molar-refractivity contribution in [3.8, 4) is 11.8 Å². The van der Waals surface area contributed by atoms with Gasteiger partial charge in [-0.25, -0.2) is 9.78 Å².